The number of hydrogen-bond acceptors (Lipinski definition) is 1. The molecule has 0 saturated heterocycles. The Balaban J connectivity index is 6.99. The van der Waals surface area contributed by atoms with Gasteiger partial charge in [-0.1, -0.05) is 6.42 Å². The first-order valence-corrected chi connectivity index (χ1v) is 10.6. The highest BCUT2D eigenvalue weighted by atomic mass is 19.4. The summed E-state index contributed by atoms with van der Waals surface area (Å²) in [5.41, 5.74) is 0. The van der Waals surface area contributed by atoms with Crippen LogP contribution in [0.1, 0.15) is 32.1 Å². The first kappa shape index (κ1) is 42.7. The molecule has 0 unspecified atom stereocenters. The molecule has 0 aromatic rings. The van der Waals surface area contributed by atoms with Gasteiger partial charge in [-0.25, -0.2) is 0 Å². The van der Waals surface area contributed by atoms with Crippen LogP contribution in [0.5, 0.6) is 0 Å². The van der Waals surface area contributed by atoms with Gasteiger partial charge in [0.05, 0.1) is 0 Å². The Kier molecular flexibility index (Phi) is 10.9. The minimum atomic E-state index is -9.61. The third kappa shape index (κ3) is 5.89. The van der Waals surface area contributed by atoms with E-state index in [2.05, 4.69) is 0 Å². The van der Waals surface area contributed by atoms with Gasteiger partial charge in [0.1, 0.15) is 0 Å². The summed E-state index contributed by atoms with van der Waals surface area (Å²) in [7, 11) is 0. The van der Waals surface area contributed by atoms with Crippen LogP contribution in [0.25, 0.3) is 0 Å². The highest BCUT2D eigenvalue weighted by Crippen LogP contribution is 2.67. The molecule has 0 spiro atoms. The highest BCUT2D eigenvalue weighted by Gasteiger charge is 2.99. The van der Waals surface area contributed by atoms with Crippen molar-refractivity contribution in [3.05, 3.63) is 0 Å². The van der Waals surface area contributed by atoms with E-state index in [-0.39, 0.29) is 0 Å². The Morgan fingerprint density at radius 2 is 0.600 bits per heavy atom. The number of alkyl halides is 25. The fraction of sp³-hybridized carbons (Fsp3) is 0.944. The van der Waals surface area contributed by atoms with Crippen molar-refractivity contribution in [1.29, 1.82) is 0 Å². The lowest BCUT2D eigenvalue weighted by Gasteiger charge is -2.45. The number of carbonyl (C=O) groups is 1. The fourth-order valence-corrected chi connectivity index (χ4v) is 2.94. The molecule has 2 nitrogen and oxygen atoms in total. The summed E-state index contributed by atoms with van der Waals surface area (Å²) < 4.78 is 334. The molecule has 0 aromatic heterocycles. The van der Waals surface area contributed by atoms with Crippen molar-refractivity contribution in [3.8, 4) is 0 Å². The average Bonchev–Trinajstić information content (AvgIpc) is 2.81. The standard InChI is InChI=1S/C18H11F25O2/c19-7(20,5-3-1-2-4-6(44)45)8(21,22)9(23,24)10(25,26)11(27,28)12(29,30)13(31,32)14(33,34)15(35,36)16(37,38)17(39,40)18(41,42)43/h1-5H2,(H,44,45). The van der Waals surface area contributed by atoms with Gasteiger partial charge in [0, 0.05) is 12.8 Å². The zero-order chi connectivity index (χ0) is 37.1. The van der Waals surface area contributed by atoms with Crippen LogP contribution in [0, 0.1) is 0 Å². The van der Waals surface area contributed by atoms with Gasteiger partial charge in [-0.2, -0.15) is 110 Å². The molecule has 0 rings (SSSR count). The molecule has 0 amide bonds. The van der Waals surface area contributed by atoms with Crippen molar-refractivity contribution in [1.82, 2.24) is 0 Å². The third-order valence-electron chi connectivity index (χ3n) is 5.75. The lowest BCUT2D eigenvalue weighted by Crippen LogP contribution is -2.78. The molecule has 0 saturated carbocycles. The maximum atomic E-state index is 13.8. The van der Waals surface area contributed by atoms with Crippen molar-refractivity contribution in [2.75, 3.05) is 0 Å². The Morgan fingerprint density at radius 1 is 0.356 bits per heavy atom. The summed E-state index contributed by atoms with van der Waals surface area (Å²) in [6.07, 6.45) is -15.2. The summed E-state index contributed by atoms with van der Waals surface area (Å²) in [6.45, 7) is 0. The van der Waals surface area contributed by atoms with E-state index in [4.69, 9.17) is 5.11 Å². The van der Waals surface area contributed by atoms with Gasteiger partial charge < -0.3 is 5.11 Å². The summed E-state index contributed by atoms with van der Waals surface area (Å²) in [5, 5.41) is 8.26. The lowest BCUT2D eigenvalue weighted by molar-refractivity contribution is -0.482. The van der Waals surface area contributed by atoms with Gasteiger partial charge in [-0.3, -0.25) is 4.79 Å². The van der Waals surface area contributed by atoms with E-state index in [1.807, 2.05) is 0 Å². The van der Waals surface area contributed by atoms with Crippen LogP contribution in [0.2, 0.25) is 0 Å². The van der Waals surface area contributed by atoms with E-state index in [0.717, 1.165) is 0 Å². The summed E-state index contributed by atoms with van der Waals surface area (Å²) in [4.78, 5) is 10.2. The predicted molar refractivity (Wildman–Crippen MR) is 91.2 cm³/mol. The largest absolute Gasteiger partial charge is 0.481 e. The van der Waals surface area contributed by atoms with Crippen molar-refractivity contribution >= 4 is 5.97 Å². The van der Waals surface area contributed by atoms with Crippen LogP contribution in [-0.2, 0) is 4.79 Å². The van der Waals surface area contributed by atoms with E-state index in [1.165, 1.54) is 0 Å². The average molecular weight is 734 g/mol. The minimum Gasteiger partial charge on any atom is -0.481 e. The van der Waals surface area contributed by atoms with Crippen LogP contribution in [-0.4, -0.2) is 82.4 Å². The van der Waals surface area contributed by atoms with Crippen LogP contribution < -0.4 is 0 Å². The Morgan fingerprint density at radius 3 is 0.844 bits per heavy atom. The first-order chi connectivity index (χ1) is 19.2. The molecule has 0 aliphatic carbocycles. The monoisotopic (exact) mass is 734 g/mol. The molecule has 45 heavy (non-hydrogen) atoms. The molecule has 0 radical (unpaired) electrons. The number of halogens is 25. The maximum absolute atomic E-state index is 13.8. The Bertz CT molecular complexity index is 1050. The second-order valence-electron chi connectivity index (χ2n) is 8.90. The number of hydrogen-bond donors (Lipinski definition) is 1. The van der Waals surface area contributed by atoms with Gasteiger partial charge in [0.25, 0.3) is 0 Å². The summed E-state index contributed by atoms with van der Waals surface area (Å²) in [5.74, 6) is -100. The normalized spacial score (nSPS) is 16.3. The van der Waals surface area contributed by atoms with Gasteiger partial charge in [0.15, 0.2) is 0 Å². The van der Waals surface area contributed by atoms with E-state index < -0.39 is 109 Å². The van der Waals surface area contributed by atoms with Crippen LogP contribution in [0.4, 0.5) is 110 Å². The third-order valence-corrected chi connectivity index (χ3v) is 5.75. The molecule has 0 bridgehead atoms. The molecule has 0 atom stereocenters. The molecule has 0 fully saturated rings. The van der Waals surface area contributed by atoms with Crippen molar-refractivity contribution in [2.24, 2.45) is 0 Å². The van der Waals surface area contributed by atoms with E-state index >= 15 is 0 Å². The number of unbranched alkanes of at least 4 members (excludes halogenated alkanes) is 2. The molecular formula is C18H11F25O2. The number of rotatable bonds is 16. The zero-order valence-corrected chi connectivity index (χ0v) is 20.3. The zero-order valence-electron chi connectivity index (χ0n) is 20.3. The SMILES string of the molecule is O=C(O)CCCCCC(F)(F)C(F)(F)C(F)(F)C(F)(F)C(F)(F)C(F)(F)C(F)(F)C(F)(F)C(F)(F)C(F)(F)C(F)(F)C(F)(F)F. The van der Waals surface area contributed by atoms with E-state index in [1.54, 1.807) is 0 Å². The number of carboxylic acids is 1. The van der Waals surface area contributed by atoms with Crippen molar-refractivity contribution in [2.45, 2.75) is 103 Å². The first-order valence-electron chi connectivity index (χ1n) is 10.6. The quantitative estimate of drug-likeness (QED) is 0.127. The van der Waals surface area contributed by atoms with E-state index in [9.17, 15) is 115 Å². The van der Waals surface area contributed by atoms with Crippen LogP contribution in [0.15, 0.2) is 0 Å². The molecular weight excluding hydrogens is 723 g/mol. The van der Waals surface area contributed by atoms with Crippen LogP contribution in [0.3, 0.4) is 0 Å². The van der Waals surface area contributed by atoms with Gasteiger partial charge in [-0.05, 0) is 12.8 Å². The smallest absolute Gasteiger partial charge is 0.460 e. The number of aliphatic carboxylic acids is 1. The van der Waals surface area contributed by atoms with Gasteiger partial charge in [-0.15, -0.1) is 0 Å². The maximum Gasteiger partial charge on any atom is 0.460 e. The van der Waals surface area contributed by atoms with Gasteiger partial charge in [0.2, 0.25) is 0 Å². The summed E-state index contributed by atoms with van der Waals surface area (Å²) in [6, 6.07) is 0. The van der Waals surface area contributed by atoms with E-state index in [0.29, 0.717) is 0 Å². The van der Waals surface area contributed by atoms with Crippen molar-refractivity contribution < 1.29 is 120 Å². The molecule has 0 aliphatic rings. The molecule has 0 heterocycles. The molecule has 27 heteroatoms. The summed E-state index contributed by atoms with van der Waals surface area (Å²) >= 11 is 0. The predicted octanol–water partition coefficient (Wildman–Crippen LogP) is 9.57. The second kappa shape index (κ2) is 11.5. The fourth-order valence-electron chi connectivity index (χ4n) is 2.94. The van der Waals surface area contributed by atoms with Gasteiger partial charge >= 0.3 is 77.3 Å². The van der Waals surface area contributed by atoms with Crippen LogP contribution >= 0.6 is 0 Å². The second-order valence-corrected chi connectivity index (χ2v) is 8.90. The topological polar surface area (TPSA) is 37.3 Å². The minimum absolute atomic E-state index is 0.740. The molecule has 1 N–H and O–H groups in total. The highest BCUT2D eigenvalue weighted by molar-refractivity contribution is 5.66. The molecule has 270 valence electrons. The van der Waals surface area contributed by atoms with Crippen molar-refractivity contribution in [3.63, 3.8) is 0 Å². The lowest BCUT2D eigenvalue weighted by atomic mass is 9.84. The number of carboxylic acid groups (broad SMARTS) is 1. The Hall–Kier alpha value is -2.28. The molecule has 0 aromatic carbocycles. The Labute approximate surface area is 230 Å². The molecule has 0 aliphatic heterocycles.